The van der Waals surface area contributed by atoms with Crippen molar-refractivity contribution in [2.45, 2.75) is 49.3 Å². The lowest BCUT2D eigenvalue weighted by Gasteiger charge is -2.40. The van der Waals surface area contributed by atoms with Crippen LogP contribution >= 0.6 is 0 Å². The zero-order valence-electron chi connectivity index (χ0n) is 25.8. The summed E-state index contributed by atoms with van der Waals surface area (Å²) in [5.74, 6) is -2.99. The van der Waals surface area contributed by atoms with Crippen molar-refractivity contribution in [2.24, 2.45) is 0 Å². The molecule has 6 rings (SSSR count). The highest BCUT2D eigenvalue weighted by Crippen LogP contribution is 2.42. The molecule has 0 bridgehead atoms. The van der Waals surface area contributed by atoms with Crippen molar-refractivity contribution >= 4 is 32.6 Å². The number of piperazine rings is 1. The van der Waals surface area contributed by atoms with Crippen LogP contribution in [0.4, 0.5) is 27.8 Å². The average molecular weight is 689 g/mol. The lowest BCUT2D eigenvalue weighted by atomic mass is 9.79. The van der Waals surface area contributed by atoms with Gasteiger partial charge in [-0.25, -0.2) is 36.5 Å². The van der Waals surface area contributed by atoms with Crippen LogP contribution < -0.4 is 10.6 Å². The van der Waals surface area contributed by atoms with Gasteiger partial charge in [0.15, 0.2) is 20.5 Å². The van der Waals surface area contributed by atoms with Crippen LogP contribution in [0.1, 0.15) is 43.2 Å². The zero-order valence-corrected chi connectivity index (χ0v) is 26.6. The Morgan fingerprint density at radius 2 is 1.81 bits per heavy atom. The van der Waals surface area contributed by atoms with E-state index in [1.54, 1.807) is 17.9 Å². The molecule has 2 aliphatic rings. The van der Waals surface area contributed by atoms with Gasteiger partial charge in [0, 0.05) is 43.7 Å². The van der Waals surface area contributed by atoms with Crippen LogP contribution in [-0.2, 0) is 20.8 Å². The van der Waals surface area contributed by atoms with E-state index >= 15 is 4.39 Å². The molecule has 1 atom stereocenters. The summed E-state index contributed by atoms with van der Waals surface area (Å²) < 4.78 is 99.4. The summed E-state index contributed by atoms with van der Waals surface area (Å²) in [4.78, 5) is 42.2. The molecule has 1 aliphatic carbocycles. The van der Waals surface area contributed by atoms with E-state index in [0.29, 0.717) is 18.4 Å². The molecule has 1 aromatic carbocycles. The van der Waals surface area contributed by atoms with Gasteiger partial charge in [0.25, 0.3) is 0 Å². The Labute approximate surface area is 271 Å². The Hall–Kier alpha value is -4.73. The second-order valence-electron chi connectivity index (χ2n) is 11.9. The maximum atomic E-state index is 16.1. The standard InChI is InChI=1S/C32H29F5N6O4S/c1-4-25(44)41-12-13-42(17(2)16-41)28-22-15-24(34)26(21-9-8-19(33)14-23(21)32(35,36)37)39-29(22)43(31(45)40-28)27-20(18-6-5-7-18)10-11-38-30(27)48(3,46)47/h4,8-11,14-15,17-18H,1,5-7,12-13,16H2,2-3H3/t17-/m0/s1. The second-order valence-corrected chi connectivity index (χ2v) is 13.8. The molecule has 10 nitrogen and oxygen atoms in total. The number of hydrogen-bond donors (Lipinski definition) is 0. The summed E-state index contributed by atoms with van der Waals surface area (Å²) in [6.07, 6.45) is 0.423. The number of fused-ring (bicyclic) bond motifs is 1. The molecule has 0 radical (unpaired) electrons. The van der Waals surface area contributed by atoms with Crippen LogP contribution in [0.3, 0.4) is 0 Å². The van der Waals surface area contributed by atoms with Gasteiger partial charge >= 0.3 is 11.9 Å². The third kappa shape index (κ3) is 5.82. The molecule has 0 unspecified atom stereocenters. The van der Waals surface area contributed by atoms with Gasteiger partial charge in [-0.2, -0.15) is 18.2 Å². The van der Waals surface area contributed by atoms with Gasteiger partial charge in [-0.15, -0.1) is 0 Å². The number of hydrogen-bond acceptors (Lipinski definition) is 8. The number of benzene rings is 1. The summed E-state index contributed by atoms with van der Waals surface area (Å²) in [5.41, 5.74) is -4.29. The van der Waals surface area contributed by atoms with E-state index in [0.717, 1.165) is 41.5 Å². The highest BCUT2D eigenvalue weighted by atomic mass is 32.2. The van der Waals surface area contributed by atoms with Gasteiger partial charge in [0.05, 0.1) is 16.6 Å². The molecule has 3 aromatic heterocycles. The number of halogens is 5. The summed E-state index contributed by atoms with van der Waals surface area (Å²) in [5, 5.41) is -0.593. The molecule has 4 heterocycles. The quantitative estimate of drug-likeness (QED) is 0.205. The third-order valence-corrected chi connectivity index (χ3v) is 9.77. The molecule has 0 spiro atoms. The van der Waals surface area contributed by atoms with Crippen molar-refractivity contribution in [1.82, 2.24) is 24.4 Å². The van der Waals surface area contributed by atoms with Crippen LogP contribution in [0.15, 0.2) is 59.0 Å². The van der Waals surface area contributed by atoms with E-state index in [9.17, 15) is 35.6 Å². The molecule has 252 valence electrons. The topological polar surface area (TPSA) is 118 Å². The van der Waals surface area contributed by atoms with Crippen LogP contribution in [0, 0.1) is 11.6 Å². The summed E-state index contributed by atoms with van der Waals surface area (Å²) in [7, 11) is -4.11. The van der Waals surface area contributed by atoms with Crippen LogP contribution in [-0.4, -0.2) is 70.7 Å². The lowest BCUT2D eigenvalue weighted by Crippen LogP contribution is -2.54. The normalized spacial score (nSPS) is 17.4. The predicted molar refractivity (Wildman–Crippen MR) is 167 cm³/mol. The number of carbonyl (C=O) groups is 1. The predicted octanol–water partition coefficient (Wildman–Crippen LogP) is 5.03. The lowest BCUT2D eigenvalue weighted by molar-refractivity contribution is -0.137. The van der Waals surface area contributed by atoms with Gasteiger partial charge in [-0.1, -0.05) is 13.0 Å². The molecule has 1 saturated carbocycles. The minimum atomic E-state index is -5.11. The maximum Gasteiger partial charge on any atom is 0.417 e. The van der Waals surface area contributed by atoms with Crippen molar-refractivity contribution in [1.29, 1.82) is 0 Å². The SMILES string of the molecule is C=CC(=O)N1CCN(c2nc(=O)n(-c3c(C4CCC4)ccnc3S(C)(=O)=O)c3nc(-c4ccc(F)cc4C(F)(F)F)c(F)cc23)[C@@H](C)C1. The number of sulfone groups is 1. The van der Waals surface area contributed by atoms with Gasteiger partial charge < -0.3 is 9.80 Å². The number of nitrogens with zero attached hydrogens (tertiary/aromatic N) is 6. The largest absolute Gasteiger partial charge is 0.417 e. The van der Waals surface area contributed by atoms with E-state index in [1.165, 1.54) is 11.1 Å². The summed E-state index contributed by atoms with van der Waals surface area (Å²) >= 11 is 0. The van der Waals surface area contributed by atoms with E-state index in [-0.39, 0.29) is 60.1 Å². The second kappa shape index (κ2) is 12.1. The fourth-order valence-electron chi connectivity index (χ4n) is 6.27. The molecular formula is C32H29F5N6O4S. The Balaban J connectivity index is 1.70. The first-order chi connectivity index (χ1) is 22.6. The zero-order chi connectivity index (χ0) is 34.7. The third-order valence-electron chi connectivity index (χ3n) is 8.77. The summed E-state index contributed by atoms with van der Waals surface area (Å²) in [6.45, 7) is 5.75. The van der Waals surface area contributed by atoms with E-state index in [2.05, 4.69) is 21.5 Å². The fourth-order valence-corrected chi connectivity index (χ4v) is 7.08. The molecule has 1 amide bonds. The Morgan fingerprint density at radius 1 is 1.08 bits per heavy atom. The van der Waals surface area contributed by atoms with Gasteiger partial charge in [0.2, 0.25) is 5.91 Å². The molecule has 48 heavy (non-hydrogen) atoms. The van der Waals surface area contributed by atoms with E-state index in [1.807, 2.05) is 0 Å². The minimum absolute atomic E-state index is 0.0625. The number of alkyl halides is 3. The highest BCUT2D eigenvalue weighted by molar-refractivity contribution is 7.90. The highest BCUT2D eigenvalue weighted by Gasteiger charge is 2.37. The van der Waals surface area contributed by atoms with E-state index < -0.39 is 61.2 Å². The first kappa shape index (κ1) is 33.2. The smallest absolute Gasteiger partial charge is 0.350 e. The average Bonchev–Trinajstić information content (AvgIpc) is 2.99. The van der Waals surface area contributed by atoms with Crippen LogP contribution in [0.5, 0.6) is 0 Å². The molecule has 16 heteroatoms. The van der Waals surface area contributed by atoms with Gasteiger partial charge in [-0.05, 0) is 67.7 Å². The molecule has 4 aromatic rings. The number of carbonyl (C=O) groups excluding carboxylic acids is 1. The van der Waals surface area contributed by atoms with Crippen molar-refractivity contribution in [2.75, 3.05) is 30.8 Å². The maximum absolute atomic E-state index is 16.1. The van der Waals surface area contributed by atoms with Crippen molar-refractivity contribution in [3.05, 3.63) is 82.4 Å². The van der Waals surface area contributed by atoms with Crippen molar-refractivity contribution in [3.63, 3.8) is 0 Å². The first-order valence-electron chi connectivity index (χ1n) is 15.0. The first-order valence-corrected chi connectivity index (χ1v) is 16.9. The van der Waals surface area contributed by atoms with Crippen LogP contribution in [0.25, 0.3) is 28.0 Å². The Morgan fingerprint density at radius 3 is 2.42 bits per heavy atom. The molecule has 2 fully saturated rings. The number of amides is 1. The number of rotatable bonds is 6. The van der Waals surface area contributed by atoms with Crippen molar-refractivity contribution < 1.29 is 35.2 Å². The Kier molecular flexibility index (Phi) is 8.34. The van der Waals surface area contributed by atoms with Crippen LogP contribution in [0.2, 0.25) is 0 Å². The fraction of sp³-hybridized carbons (Fsp3) is 0.344. The van der Waals surface area contributed by atoms with Crippen molar-refractivity contribution in [3.8, 4) is 16.9 Å². The monoisotopic (exact) mass is 688 g/mol. The Bertz CT molecular complexity index is 2150. The van der Waals surface area contributed by atoms with E-state index in [4.69, 9.17) is 0 Å². The molecule has 1 aliphatic heterocycles. The number of aromatic nitrogens is 4. The van der Waals surface area contributed by atoms with Gasteiger partial charge in [0.1, 0.15) is 23.1 Å². The molecule has 0 N–H and O–H groups in total. The van der Waals surface area contributed by atoms with Gasteiger partial charge in [-0.3, -0.25) is 4.79 Å². The molecule has 1 saturated heterocycles. The summed E-state index contributed by atoms with van der Waals surface area (Å²) in [6, 6.07) is 3.65. The number of anilines is 1. The molecular weight excluding hydrogens is 659 g/mol. The minimum Gasteiger partial charge on any atom is -0.350 e. The number of pyridine rings is 2.